The fraction of sp³-hybridized carbons (Fsp3) is 0.214. The third kappa shape index (κ3) is 3.08. The Hall–Kier alpha value is -2.18. The molecule has 0 bridgehead atoms. The monoisotopic (exact) mass is 465 g/mol. The van der Waals surface area contributed by atoms with E-state index >= 15 is 0 Å². The van der Waals surface area contributed by atoms with Crippen molar-refractivity contribution in [3.8, 4) is 0 Å². The number of hydrogen-bond acceptors (Lipinski definition) is 1. The molecule has 30 heavy (non-hydrogen) atoms. The maximum absolute atomic E-state index is 6.00. The first-order valence-corrected chi connectivity index (χ1v) is 12.1. The summed E-state index contributed by atoms with van der Waals surface area (Å²) in [6, 6.07) is 20.3. The second-order valence-corrected chi connectivity index (χ2v) is 10.1. The van der Waals surface area contributed by atoms with E-state index in [0.717, 1.165) is 25.7 Å². The summed E-state index contributed by atoms with van der Waals surface area (Å²) in [5.74, 6) is 1.72. The molecule has 0 saturated carbocycles. The van der Waals surface area contributed by atoms with Gasteiger partial charge in [-0.3, -0.25) is 0 Å². The van der Waals surface area contributed by atoms with Gasteiger partial charge in [-0.25, -0.2) is 0 Å². The zero-order valence-corrected chi connectivity index (χ0v) is 19.4. The van der Waals surface area contributed by atoms with Gasteiger partial charge in [0.25, 0.3) is 0 Å². The van der Waals surface area contributed by atoms with Crippen LogP contribution in [0, 0.1) is 0 Å². The Bertz CT molecular complexity index is 1340. The van der Waals surface area contributed by atoms with Crippen molar-refractivity contribution in [2.45, 2.75) is 38.0 Å². The number of benzene rings is 3. The second kappa shape index (κ2) is 7.50. The molecule has 1 heterocycles. The molecule has 3 aromatic carbocycles. The molecule has 2 heteroatoms. The molecule has 6 rings (SSSR count). The molecular formula is C28H23OZr. The van der Waals surface area contributed by atoms with Crippen LogP contribution in [0.5, 0.6) is 0 Å². The van der Waals surface area contributed by atoms with Crippen molar-refractivity contribution < 1.29 is 29.1 Å². The summed E-state index contributed by atoms with van der Waals surface area (Å²) in [4.78, 5) is 0. The fourth-order valence-electron chi connectivity index (χ4n) is 5.36. The van der Waals surface area contributed by atoms with E-state index in [2.05, 4.69) is 66.7 Å². The van der Waals surface area contributed by atoms with Crippen LogP contribution in [0.15, 0.2) is 86.3 Å². The molecule has 0 aliphatic heterocycles. The Kier molecular flexibility index (Phi) is 4.65. The molecule has 2 aliphatic carbocycles. The van der Waals surface area contributed by atoms with Crippen LogP contribution in [0.1, 0.15) is 41.2 Å². The van der Waals surface area contributed by atoms with E-state index in [1.54, 1.807) is 8.84 Å². The van der Waals surface area contributed by atoms with E-state index in [9.17, 15) is 0 Å². The Balaban J connectivity index is 1.40. The van der Waals surface area contributed by atoms with Crippen molar-refractivity contribution in [3.63, 3.8) is 0 Å². The maximum atomic E-state index is 6.00. The van der Waals surface area contributed by atoms with Gasteiger partial charge in [0, 0.05) is 0 Å². The standard InChI is InChI=1S/C28H23O.Zr/c1-2-6-19(5-1)17-28-24(15-16-29-28)22-10-9-21-12-13-25-23-8-4-3-7-20(23)11-14-26(25)27(21)18-22;/h1,3-5,7-8,11-16,22H,2,9-10,17-18H2;. The van der Waals surface area contributed by atoms with Gasteiger partial charge >= 0.3 is 175 Å². The Morgan fingerprint density at radius 2 is 1.83 bits per heavy atom. The fourth-order valence-corrected chi connectivity index (χ4v) is 6.07. The zero-order chi connectivity index (χ0) is 20.1. The van der Waals surface area contributed by atoms with Gasteiger partial charge in [-0.15, -0.1) is 0 Å². The number of hydrogen-bond donors (Lipinski definition) is 0. The summed E-state index contributed by atoms with van der Waals surface area (Å²) in [7, 11) is 0. The average Bonchev–Trinajstić information content (AvgIpc) is 3.42. The molecule has 4 aromatic rings. The summed E-state index contributed by atoms with van der Waals surface area (Å²) in [5.41, 5.74) is 5.97. The molecule has 1 aromatic heterocycles. The van der Waals surface area contributed by atoms with Crippen molar-refractivity contribution >= 4 is 21.5 Å². The minimum absolute atomic E-state index is 0.544. The van der Waals surface area contributed by atoms with Crippen LogP contribution in [0.4, 0.5) is 0 Å². The van der Waals surface area contributed by atoms with Crippen molar-refractivity contribution in [2.75, 3.05) is 0 Å². The summed E-state index contributed by atoms with van der Waals surface area (Å²) >= 11 is 1.53. The molecule has 1 atom stereocenters. The zero-order valence-electron chi connectivity index (χ0n) is 16.9. The molecular weight excluding hydrogens is 444 g/mol. The summed E-state index contributed by atoms with van der Waals surface area (Å²) in [6.45, 7) is 0. The molecule has 0 spiro atoms. The minimum atomic E-state index is 0.544. The quantitative estimate of drug-likeness (QED) is 0.292. The van der Waals surface area contributed by atoms with Gasteiger partial charge in [0.15, 0.2) is 0 Å². The van der Waals surface area contributed by atoms with Crippen LogP contribution in [0.25, 0.3) is 21.5 Å². The van der Waals surface area contributed by atoms with Crippen LogP contribution in [-0.2, 0) is 44.0 Å². The molecule has 0 radical (unpaired) electrons. The van der Waals surface area contributed by atoms with Crippen LogP contribution in [0.2, 0.25) is 0 Å². The average molecular weight is 467 g/mol. The normalized spacial score (nSPS) is 18.4. The van der Waals surface area contributed by atoms with Gasteiger partial charge in [-0.2, -0.15) is 0 Å². The summed E-state index contributed by atoms with van der Waals surface area (Å²) in [5, 5.41) is 5.51. The van der Waals surface area contributed by atoms with Crippen molar-refractivity contribution in [3.05, 3.63) is 104 Å². The predicted molar refractivity (Wildman–Crippen MR) is 119 cm³/mol. The van der Waals surface area contributed by atoms with E-state index in [0.29, 0.717) is 5.92 Å². The third-order valence-corrected chi connectivity index (χ3v) is 8.24. The first kappa shape index (κ1) is 18.6. The van der Waals surface area contributed by atoms with Crippen molar-refractivity contribution in [1.29, 1.82) is 0 Å². The van der Waals surface area contributed by atoms with Gasteiger partial charge in [0.2, 0.25) is 0 Å². The first-order chi connectivity index (χ1) is 14.8. The molecule has 1 nitrogen and oxygen atoms in total. The number of rotatable bonds is 3. The van der Waals surface area contributed by atoms with Gasteiger partial charge in [0.05, 0.1) is 0 Å². The molecule has 1 unspecified atom stereocenters. The van der Waals surface area contributed by atoms with Gasteiger partial charge < -0.3 is 0 Å². The Labute approximate surface area is 192 Å². The summed E-state index contributed by atoms with van der Waals surface area (Å²) in [6.07, 6.45) is 12.0. The van der Waals surface area contributed by atoms with Crippen molar-refractivity contribution in [2.24, 2.45) is 0 Å². The third-order valence-electron chi connectivity index (χ3n) is 6.95. The number of aryl methyl sites for hydroxylation is 1. The molecule has 0 amide bonds. The van der Waals surface area contributed by atoms with Crippen LogP contribution >= 0.6 is 0 Å². The molecule has 0 saturated heterocycles. The molecule has 0 N–H and O–H groups in total. The van der Waals surface area contributed by atoms with Gasteiger partial charge in [0.1, 0.15) is 0 Å². The van der Waals surface area contributed by atoms with Crippen LogP contribution in [-0.4, -0.2) is 0 Å². The first-order valence-electron chi connectivity index (χ1n) is 10.9. The molecule has 0 fully saturated rings. The topological polar surface area (TPSA) is 13.1 Å². The van der Waals surface area contributed by atoms with E-state index in [-0.39, 0.29) is 0 Å². The van der Waals surface area contributed by atoms with Crippen molar-refractivity contribution in [1.82, 2.24) is 0 Å². The van der Waals surface area contributed by atoms with E-state index in [1.165, 1.54) is 75.1 Å². The molecule has 145 valence electrons. The Morgan fingerprint density at radius 3 is 2.73 bits per heavy atom. The summed E-state index contributed by atoms with van der Waals surface area (Å²) < 4.78 is 7.57. The number of allylic oxidation sites excluding steroid dienone is 4. The second-order valence-electron chi connectivity index (χ2n) is 8.61. The van der Waals surface area contributed by atoms with Gasteiger partial charge in [-0.1, -0.05) is 18.2 Å². The van der Waals surface area contributed by atoms with Crippen LogP contribution < -0.4 is 0 Å². The van der Waals surface area contributed by atoms with E-state index < -0.39 is 0 Å². The number of furan rings is 1. The Morgan fingerprint density at radius 1 is 0.933 bits per heavy atom. The number of fused-ring (bicyclic) bond motifs is 5. The van der Waals surface area contributed by atoms with E-state index in [4.69, 9.17) is 4.42 Å². The predicted octanol–water partition coefficient (Wildman–Crippen LogP) is 7.16. The van der Waals surface area contributed by atoms with E-state index in [1.807, 2.05) is 6.26 Å². The van der Waals surface area contributed by atoms with Crippen LogP contribution in [0.3, 0.4) is 0 Å². The van der Waals surface area contributed by atoms with Gasteiger partial charge in [-0.05, 0) is 0 Å². The molecule has 2 aliphatic rings. The SMILES string of the molecule is [Zr][C]1=C(Cc2occc2C2CCc3ccc4c(ccc5ccccc54)c3C2)C=CC1.